The van der Waals surface area contributed by atoms with Crippen LogP contribution in [0, 0.1) is 5.92 Å². The standard InChI is InChI=1S/C23H27N3O3/c1-16(25-26-23(28)17-7-4-3-5-8-17)19-9-6-10-20(15-19)24-22(27)18-11-13-21(29-2)14-12-18/h6,9-15,17H,3-5,7-8H2,1-2H3,(H,24,27)(H,26,28)/b25-16-. The van der Waals surface area contributed by atoms with Gasteiger partial charge >= 0.3 is 0 Å². The molecule has 0 unspecified atom stereocenters. The van der Waals surface area contributed by atoms with Gasteiger partial charge in [-0.25, -0.2) is 5.43 Å². The van der Waals surface area contributed by atoms with E-state index in [1.54, 1.807) is 31.4 Å². The highest BCUT2D eigenvalue weighted by molar-refractivity contribution is 6.05. The molecule has 0 radical (unpaired) electrons. The molecule has 1 aliphatic rings. The Balaban J connectivity index is 1.63. The molecule has 2 N–H and O–H groups in total. The summed E-state index contributed by atoms with van der Waals surface area (Å²) in [4.78, 5) is 24.7. The van der Waals surface area contributed by atoms with Crippen LogP contribution in [-0.4, -0.2) is 24.6 Å². The van der Waals surface area contributed by atoms with Gasteiger partial charge in [0.2, 0.25) is 5.91 Å². The molecule has 29 heavy (non-hydrogen) atoms. The van der Waals surface area contributed by atoms with E-state index in [-0.39, 0.29) is 17.7 Å². The minimum atomic E-state index is -0.204. The molecule has 0 saturated heterocycles. The molecule has 0 atom stereocenters. The van der Waals surface area contributed by atoms with Crippen LogP contribution < -0.4 is 15.5 Å². The van der Waals surface area contributed by atoms with Gasteiger partial charge in [0.15, 0.2) is 0 Å². The first-order chi connectivity index (χ1) is 14.1. The summed E-state index contributed by atoms with van der Waals surface area (Å²) in [5.41, 5.74) is 5.43. The average molecular weight is 393 g/mol. The maximum absolute atomic E-state index is 12.4. The molecule has 1 aliphatic carbocycles. The van der Waals surface area contributed by atoms with Crippen LogP contribution >= 0.6 is 0 Å². The van der Waals surface area contributed by atoms with Crippen molar-refractivity contribution in [2.24, 2.45) is 11.0 Å². The number of ether oxygens (including phenoxy) is 1. The van der Waals surface area contributed by atoms with Crippen molar-refractivity contribution < 1.29 is 14.3 Å². The van der Waals surface area contributed by atoms with Crippen LogP contribution in [0.25, 0.3) is 0 Å². The lowest BCUT2D eigenvalue weighted by Crippen LogP contribution is -2.29. The van der Waals surface area contributed by atoms with Gasteiger partial charge in [-0.2, -0.15) is 5.10 Å². The monoisotopic (exact) mass is 393 g/mol. The summed E-state index contributed by atoms with van der Waals surface area (Å²) in [5, 5.41) is 7.14. The van der Waals surface area contributed by atoms with E-state index < -0.39 is 0 Å². The average Bonchev–Trinajstić information content (AvgIpc) is 2.78. The topological polar surface area (TPSA) is 79.8 Å². The second-order valence-corrected chi connectivity index (χ2v) is 7.27. The Morgan fingerprint density at radius 1 is 1.00 bits per heavy atom. The number of anilines is 1. The number of benzene rings is 2. The van der Waals surface area contributed by atoms with Crippen LogP contribution in [-0.2, 0) is 4.79 Å². The fraction of sp³-hybridized carbons (Fsp3) is 0.348. The highest BCUT2D eigenvalue weighted by atomic mass is 16.5. The number of carbonyl (C=O) groups is 2. The molecule has 6 nitrogen and oxygen atoms in total. The lowest BCUT2D eigenvalue weighted by Gasteiger charge is -2.19. The zero-order valence-electron chi connectivity index (χ0n) is 16.9. The van der Waals surface area contributed by atoms with Crippen molar-refractivity contribution in [2.45, 2.75) is 39.0 Å². The number of hydrogen-bond donors (Lipinski definition) is 2. The third kappa shape index (κ3) is 5.67. The Hall–Kier alpha value is -3.15. The van der Waals surface area contributed by atoms with E-state index in [1.807, 2.05) is 31.2 Å². The number of hydrazone groups is 1. The number of nitrogens with one attached hydrogen (secondary N) is 2. The molecule has 0 aromatic heterocycles. The van der Waals surface area contributed by atoms with Crippen LogP contribution in [0.3, 0.4) is 0 Å². The van der Waals surface area contributed by atoms with Crippen molar-refractivity contribution in [1.82, 2.24) is 5.43 Å². The second-order valence-electron chi connectivity index (χ2n) is 7.27. The summed E-state index contributed by atoms with van der Waals surface area (Å²) in [6.45, 7) is 1.84. The lowest BCUT2D eigenvalue weighted by molar-refractivity contribution is -0.125. The number of methoxy groups -OCH3 is 1. The van der Waals surface area contributed by atoms with Gasteiger partial charge < -0.3 is 10.1 Å². The third-order valence-corrected chi connectivity index (χ3v) is 5.20. The molecule has 2 aromatic rings. The molecule has 2 aromatic carbocycles. The van der Waals surface area contributed by atoms with Crippen LogP contribution in [0.5, 0.6) is 5.75 Å². The SMILES string of the molecule is COc1ccc(C(=O)Nc2cccc(/C(C)=N\NC(=O)C3CCCCC3)c2)cc1. The van der Waals surface area contributed by atoms with E-state index in [4.69, 9.17) is 4.74 Å². The fourth-order valence-electron chi connectivity index (χ4n) is 3.43. The third-order valence-electron chi connectivity index (χ3n) is 5.20. The Bertz CT molecular complexity index is 884. The van der Waals surface area contributed by atoms with Gasteiger partial charge in [0.1, 0.15) is 5.75 Å². The Kier molecular flexibility index (Phi) is 7.00. The summed E-state index contributed by atoms with van der Waals surface area (Å²) in [6.07, 6.45) is 5.30. The van der Waals surface area contributed by atoms with Gasteiger partial charge in [0.25, 0.3) is 5.91 Å². The van der Waals surface area contributed by atoms with Gasteiger partial charge in [-0.05, 0) is 61.7 Å². The Labute approximate surface area is 171 Å². The molecule has 0 spiro atoms. The molecule has 152 valence electrons. The molecule has 1 saturated carbocycles. The molecule has 0 bridgehead atoms. The quantitative estimate of drug-likeness (QED) is 0.565. The van der Waals surface area contributed by atoms with Crippen molar-refractivity contribution >= 4 is 23.2 Å². The molecule has 2 amide bonds. The van der Waals surface area contributed by atoms with Gasteiger partial charge in [0.05, 0.1) is 12.8 Å². The zero-order valence-corrected chi connectivity index (χ0v) is 16.9. The number of amides is 2. The number of nitrogens with zero attached hydrogens (tertiary/aromatic N) is 1. The minimum Gasteiger partial charge on any atom is -0.497 e. The largest absolute Gasteiger partial charge is 0.497 e. The van der Waals surface area contributed by atoms with Crippen LogP contribution in [0.4, 0.5) is 5.69 Å². The number of rotatable bonds is 6. The molecule has 0 aliphatic heterocycles. The van der Waals surface area contributed by atoms with E-state index >= 15 is 0 Å². The van der Waals surface area contributed by atoms with Gasteiger partial charge in [-0.1, -0.05) is 31.4 Å². The van der Waals surface area contributed by atoms with E-state index in [1.165, 1.54) is 6.42 Å². The maximum atomic E-state index is 12.4. The van der Waals surface area contributed by atoms with Crippen molar-refractivity contribution in [1.29, 1.82) is 0 Å². The first-order valence-electron chi connectivity index (χ1n) is 9.97. The summed E-state index contributed by atoms with van der Waals surface area (Å²) in [6, 6.07) is 14.3. The first kappa shape index (κ1) is 20.6. The summed E-state index contributed by atoms with van der Waals surface area (Å²) < 4.78 is 5.11. The van der Waals surface area contributed by atoms with E-state index in [0.717, 1.165) is 31.2 Å². The van der Waals surface area contributed by atoms with Crippen molar-refractivity contribution in [2.75, 3.05) is 12.4 Å². The normalized spacial score (nSPS) is 14.9. The summed E-state index contributed by atoms with van der Waals surface area (Å²) in [5.74, 6) is 0.555. The molecular formula is C23H27N3O3. The first-order valence-corrected chi connectivity index (χ1v) is 9.97. The molecule has 1 fully saturated rings. The predicted octanol–water partition coefficient (Wildman–Crippen LogP) is 4.37. The van der Waals surface area contributed by atoms with Crippen molar-refractivity contribution in [3.8, 4) is 5.75 Å². The maximum Gasteiger partial charge on any atom is 0.255 e. The smallest absolute Gasteiger partial charge is 0.255 e. The molecule has 6 heteroatoms. The number of hydrogen-bond acceptors (Lipinski definition) is 4. The molecule has 3 rings (SSSR count). The minimum absolute atomic E-state index is 0.00647. The Morgan fingerprint density at radius 2 is 1.72 bits per heavy atom. The highest BCUT2D eigenvalue weighted by Crippen LogP contribution is 2.23. The molecular weight excluding hydrogens is 366 g/mol. The summed E-state index contributed by atoms with van der Waals surface area (Å²) in [7, 11) is 1.59. The fourth-order valence-corrected chi connectivity index (χ4v) is 3.43. The molecule has 0 heterocycles. The van der Waals surface area contributed by atoms with E-state index in [2.05, 4.69) is 15.8 Å². The van der Waals surface area contributed by atoms with E-state index in [9.17, 15) is 9.59 Å². The summed E-state index contributed by atoms with van der Waals surface area (Å²) >= 11 is 0. The van der Waals surface area contributed by atoms with Crippen LogP contribution in [0.15, 0.2) is 53.6 Å². The van der Waals surface area contributed by atoms with Gasteiger partial charge in [-0.3, -0.25) is 9.59 Å². The zero-order chi connectivity index (χ0) is 20.6. The number of carbonyl (C=O) groups excluding carboxylic acids is 2. The van der Waals surface area contributed by atoms with E-state index in [0.29, 0.717) is 22.7 Å². The van der Waals surface area contributed by atoms with Crippen LogP contribution in [0.2, 0.25) is 0 Å². The van der Waals surface area contributed by atoms with Crippen molar-refractivity contribution in [3.63, 3.8) is 0 Å². The Morgan fingerprint density at radius 3 is 2.41 bits per heavy atom. The predicted molar refractivity (Wildman–Crippen MR) is 114 cm³/mol. The van der Waals surface area contributed by atoms with Gasteiger partial charge in [-0.15, -0.1) is 0 Å². The lowest BCUT2D eigenvalue weighted by atomic mass is 9.89. The van der Waals surface area contributed by atoms with Crippen molar-refractivity contribution in [3.05, 3.63) is 59.7 Å². The van der Waals surface area contributed by atoms with Gasteiger partial charge in [0, 0.05) is 17.2 Å². The highest BCUT2D eigenvalue weighted by Gasteiger charge is 2.20. The van der Waals surface area contributed by atoms with Crippen LogP contribution in [0.1, 0.15) is 54.9 Å². The second kappa shape index (κ2) is 9.87.